The van der Waals surface area contributed by atoms with Gasteiger partial charge in [-0.05, 0) is 46.2 Å². The van der Waals surface area contributed by atoms with Crippen LogP contribution in [-0.2, 0) is 13.2 Å². The first-order valence-electron chi connectivity index (χ1n) is 8.87. The van der Waals surface area contributed by atoms with Crippen LogP contribution in [0.4, 0.5) is 0 Å². The van der Waals surface area contributed by atoms with Gasteiger partial charge in [-0.3, -0.25) is 14.2 Å². The van der Waals surface area contributed by atoms with Crippen LogP contribution in [0.2, 0.25) is 5.02 Å². The van der Waals surface area contributed by atoms with Crippen molar-refractivity contribution in [3.05, 3.63) is 51.8 Å². The van der Waals surface area contributed by atoms with Crippen LogP contribution in [0.25, 0.3) is 0 Å². The highest BCUT2D eigenvalue weighted by Gasteiger charge is 2.12. The Bertz CT molecular complexity index is 953. The van der Waals surface area contributed by atoms with Gasteiger partial charge in [-0.2, -0.15) is 15.3 Å². The quantitative estimate of drug-likeness (QED) is 0.629. The molecule has 0 spiro atoms. The van der Waals surface area contributed by atoms with Crippen LogP contribution in [-0.4, -0.2) is 41.8 Å². The summed E-state index contributed by atoms with van der Waals surface area (Å²) >= 11 is 6.16. The minimum absolute atomic E-state index is 0.187. The molecular formula is C18H24ClN7O. The van der Waals surface area contributed by atoms with E-state index in [2.05, 4.69) is 20.6 Å². The number of amides is 1. The Kier molecular flexibility index (Phi) is 5.65. The van der Waals surface area contributed by atoms with E-state index < -0.39 is 0 Å². The summed E-state index contributed by atoms with van der Waals surface area (Å²) in [4.78, 5) is 12.3. The fourth-order valence-corrected chi connectivity index (χ4v) is 3.07. The molecule has 0 unspecified atom stereocenters. The zero-order valence-corrected chi connectivity index (χ0v) is 16.8. The molecular weight excluding hydrogens is 366 g/mol. The van der Waals surface area contributed by atoms with Crippen molar-refractivity contribution in [2.24, 2.45) is 0 Å². The summed E-state index contributed by atoms with van der Waals surface area (Å²) in [6.07, 6.45) is 2.56. The maximum absolute atomic E-state index is 12.3. The second kappa shape index (κ2) is 7.96. The highest BCUT2D eigenvalue weighted by molar-refractivity contribution is 6.31. The summed E-state index contributed by atoms with van der Waals surface area (Å²) < 4.78 is 5.39. The largest absolute Gasteiger partial charge is 0.351 e. The van der Waals surface area contributed by atoms with Gasteiger partial charge >= 0.3 is 0 Å². The van der Waals surface area contributed by atoms with Crippen LogP contribution >= 0.6 is 11.6 Å². The van der Waals surface area contributed by atoms with Crippen molar-refractivity contribution in [1.29, 1.82) is 0 Å². The van der Waals surface area contributed by atoms with E-state index in [0.29, 0.717) is 23.9 Å². The lowest BCUT2D eigenvalue weighted by atomic mass is 10.3. The van der Waals surface area contributed by atoms with Gasteiger partial charge in [0.2, 0.25) is 0 Å². The molecule has 0 saturated carbocycles. The molecule has 0 saturated heterocycles. The standard InChI is InChI=1S/C18H24ClN7O/c1-12-10-13(2)25(21-12)8-5-7-20-18(27)16-6-9-24(23-16)11-26-15(4)17(19)14(3)22-26/h6,9-10H,5,7-8,11H2,1-4H3,(H,20,27). The van der Waals surface area contributed by atoms with Gasteiger partial charge in [0.1, 0.15) is 12.4 Å². The molecule has 1 amide bonds. The van der Waals surface area contributed by atoms with E-state index in [-0.39, 0.29) is 5.91 Å². The molecule has 0 bridgehead atoms. The van der Waals surface area contributed by atoms with Crippen LogP contribution in [0.15, 0.2) is 18.3 Å². The Morgan fingerprint density at radius 1 is 1.15 bits per heavy atom. The second-order valence-electron chi connectivity index (χ2n) is 6.63. The van der Waals surface area contributed by atoms with Gasteiger partial charge in [-0.25, -0.2) is 4.68 Å². The minimum atomic E-state index is -0.187. The van der Waals surface area contributed by atoms with Crippen molar-refractivity contribution in [2.45, 2.75) is 47.3 Å². The van der Waals surface area contributed by atoms with Crippen LogP contribution in [0.5, 0.6) is 0 Å². The maximum Gasteiger partial charge on any atom is 0.271 e. The van der Waals surface area contributed by atoms with Gasteiger partial charge in [-0.15, -0.1) is 0 Å². The first-order chi connectivity index (χ1) is 12.8. The second-order valence-corrected chi connectivity index (χ2v) is 7.00. The van der Waals surface area contributed by atoms with E-state index in [4.69, 9.17) is 11.6 Å². The molecule has 0 aliphatic rings. The van der Waals surface area contributed by atoms with Crippen molar-refractivity contribution in [2.75, 3.05) is 6.54 Å². The fraction of sp³-hybridized carbons (Fsp3) is 0.444. The van der Waals surface area contributed by atoms with E-state index >= 15 is 0 Å². The summed E-state index contributed by atoms with van der Waals surface area (Å²) in [5.74, 6) is -0.187. The van der Waals surface area contributed by atoms with Gasteiger partial charge < -0.3 is 5.32 Å². The van der Waals surface area contributed by atoms with Crippen LogP contribution in [0, 0.1) is 27.7 Å². The molecule has 8 nitrogen and oxygen atoms in total. The van der Waals surface area contributed by atoms with Gasteiger partial charge in [0.05, 0.1) is 22.1 Å². The molecule has 144 valence electrons. The van der Waals surface area contributed by atoms with Gasteiger partial charge in [0.25, 0.3) is 5.91 Å². The molecule has 3 heterocycles. The minimum Gasteiger partial charge on any atom is -0.351 e. The number of halogens is 1. The average molecular weight is 390 g/mol. The maximum atomic E-state index is 12.3. The molecule has 0 fully saturated rings. The lowest BCUT2D eigenvalue weighted by molar-refractivity contribution is 0.0946. The Balaban J connectivity index is 1.51. The molecule has 0 atom stereocenters. The lowest BCUT2D eigenvalue weighted by Crippen LogP contribution is -2.26. The van der Waals surface area contributed by atoms with E-state index in [9.17, 15) is 4.79 Å². The summed E-state index contributed by atoms with van der Waals surface area (Å²) in [6.45, 7) is 9.51. The highest BCUT2D eigenvalue weighted by atomic mass is 35.5. The smallest absolute Gasteiger partial charge is 0.271 e. The van der Waals surface area contributed by atoms with E-state index in [1.807, 2.05) is 38.4 Å². The Morgan fingerprint density at radius 3 is 2.56 bits per heavy atom. The van der Waals surface area contributed by atoms with Crippen LogP contribution in [0.1, 0.15) is 39.7 Å². The zero-order valence-electron chi connectivity index (χ0n) is 16.0. The third kappa shape index (κ3) is 4.39. The van der Waals surface area contributed by atoms with Crippen molar-refractivity contribution in [1.82, 2.24) is 34.7 Å². The third-order valence-electron chi connectivity index (χ3n) is 4.38. The van der Waals surface area contributed by atoms with Gasteiger partial charge in [-0.1, -0.05) is 11.6 Å². The number of rotatable bonds is 7. The topological polar surface area (TPSA) is 82.6 Å². The number of nitrogens with zero attached hydrogens (tertiary/aromatic N) is 6. The summed E-state index contributed by atoms with van der Waals surface area (Å²) in [7, 11) is 0. The molecule has 3 aromatic heterocycles. The van der Waals surface area contributed by atoms with Crippen LogP contribution < -0.4 is 5.32 Å². The predicted molar refractivity (Wildman–Crippen MR) is 103 cm³/mol. The summed E-state index contributed by atoms with van der Waals surface area (Å²) in [5, 5.41) is 16.7. The number of aromatic nitrogens is 6. The first kappa shape index (κ1) is 19.2. The Labute approximate surface area is 163 Å². The number of nitrogens with one attached hydrogen (secondary N) is 1. The Morgan fingerprint density at radius 2 is 1.93 bits per heavy atom. The molecule has 9 heteroatoms. The molecule has 1 N–H and O–H groups in total. The number of hydrogen-bond acceptors (Lipinski definition) is 4. The summed E-state index contributed by atoms with van der Waals surface area (Å²) in [6, 6.07) is 3.74. The molecule has 3 rings (SSSR count). The SMILES string of the molecule is Cc1cc(C)n(CCCNC(=O)c2ccn(Cn3nc(C)c(Cl)c3C)n2)n1. The predicted octanol–water partition coefficient (Wildman–Crippen LogP) is 2.49. The van der Waals surface area contributed by atoms with Gasteiger partial charge in [0.15, 0.2) is 0 Å². The number of carbonyl (C=O) groups is 1. The summed E-state index contributed by atoms with van der Waals surface area (Å²) in [5.41, 5.74) is 4.17. The fourth-order valence-electron chi connectivity index (χ4n) is 2.93. The molecule has 0 aliphatic heterocycles. The number of aryl methyl sites for hydroxylation is 4. The highest BCUT2D eigenvalue weighted by Crippen LogP contribution is 2.18. The molecule has 3 aromatic rings. The molecule has 0 radical (unpaired) electrons. The van der Waals surface area contributed by atoms with Crippen molar-refractivity contribution in [3.8, 4) is 0 Å². The number of carbonyl (C=O) groups excluding carboxylic acids is 1. The van der Waals surface area contributed by atoms with Crippen molar-refractivity contribution in [3.63, 3.8) is 0 Å². The van der Waals surface area contributed by atoms with Crippen molar-refractivity contribution < 1.29 is 4.79 Å². The number of hydrogen-bond donors (Lipinski definition) is 1. The normalized spacial score (nSPS) is 11.1. The molecule has 0 aliphatic carbocycles. The van der Waals surface area contributed by atoms with Crippen LogP contribution in [0.3, 0.4) is 0 Å². The van der Waals surface area contributed by atoms with E-state index in [1.54, 1.807) is 21.6 Å². The molecule has 0 aromatic carbocycles. The zero-order chi connectivity index (χ0) is 19.6. The van der Waals surface area contributed by atoms with E-state index in [0.717, 1.165) is 35.7 Å². The van der Waals surface area contributed by atoms with E-state index in [1.165, 1.54) is 0 Å². The Hall–Kier alpha value is -2.61. The monoisotopic (exact) mass is 389 g/mol. The van der Waals surface area contributed by atoms with Crippen molar-refractivity contribution >= 4 is 17.5 Å². The lowest BCUT2D eigenvalue weighted by Gasteiger charge is -2.06. The van der Waals surface area contributed by atoms with Gasteiger partial charge in [0, 0.05) is 25.0 Å². The third-order valence-corrected chi connectivity index (χ3v) is 4.93. The average Bonchev–Trinajstić information content (AvgIpc) is 3.28. The first-order valence-corrected chi connectivity index (χ1v) is 9.25. The molecule has 27 heavy (non-hydrogen) atoms.